The van der Waals surface area contributed by atoms with E-state index in [1.165, 1.54) is 0 Å². The third kappa shape index (κ3) is 2.34. The summed E-state index contributed by atoms with van der Waals surface area (Å²) in [7, 11) is -3.52. The smallest absolute Gasteiger partial charge is 0.245 e. The van der Waals surface area contributed by atoms with Crippen LogP contribution in [0.2, 0.25) is 5.02 Å². The van der Waals surface area contributed by atoms with Gasteiger partial charge in [0.2, 0.25) is 10.0 Å². The number of sulfonamides is 1. The molecule has 0 saturated carbocycles. The van der Waals surface area contributed by atoms with Gasteiger partial charge in [0.1, 0.15) is 4.90 Å². The molecule has 104 valence electrons. The highest BCUT2D eigenvalue weighted by Crippen LogP contribution is 2.36. The minimum Gasteiger partial charge on any atom is -0.316 e. The molecule has 3 rings (SSSR count). The van der Waals surface area contributed by atoms with Gasteiger partial charge in [0.05, 0.1) is 5.02 Å². The number of nitrogens with one attached hydrogen (secondary N) is 1. The summed E-state index contributed by atoms with van der Waals surface area (Å²) in [4.78, 5) is 0.185. The lowest BCUT2D eigenvalue weighted by Gasteiger charge is -2.19. The van der Waals surface area contributed by atoms with Crippen LogP contribution in [0.4, 0.5) is 0 Å². The highest BCUT2D eigenvalue weighted by Gasteiger charge is 2.42. The van der Waals surface area contributed by atoms with Crippen LogP contribution in [0.25, 0.3) is 0 Å². The minimum atomic E-state index is -3.52. The van der Waals surface area contributed by atoms with Crippen LogP contribution in [0.3, 0.4) is 0 Å². The van der Waals surface area contributed by atoms with Crippen LogP contribution in [-0.2, 0) is 10.0 Å². The Morgan fingerprint density at radius 1 is 1.26 bits per heavy atom. The van der Waals surface area contributed by atoms with Crippen molar-refractivity contribution >= 4 is 37.6 Å². The van der Waals surface area contributed by atoms with Crippen LogP contribution >= 0.6 is 27.5 Å². The molecule has 0 spiro atoms. The van der Waals surface area contributed by atoms with Gasteiger partial charge in [-0.25, -0.2) is 8.42 Å². The first-order chi connectivity index (χ1) is 9.00. The SMILES string of the molecule is O=S(=O)(c1c(Cl)cccc1Br)N1C[C@H]2CNC[C@H]2C1. The third-order valence-electron chi connectivity index (χ3n) is 3.87. The van der Waals surface area contributed by atoms with Crippen LogP contribution in [0, 0.1) is 11.8 Å². The van der Waals surface area contributed by atoms with Gasteiger partial charge < -0.3 is 5.32 Å². The van der Waals surface area contributed by atoms with Crippen molar-refractivity contribution < 1.29 is 8.42 Å². The van der Waals surface area contributed by atoms with Gasteiger partial charge in [-0.1, -0.05) is 17.7 Å². The highest BCUT2D eigenvalue weighted by molar-refractivity contribution is 9.10. The Balaban J connectivity index is 1.96. The van der Waals surface area contributed by atoms with Gasteiger partial charge in [-0.2, -0.15) is 4.31 Å². The summed E-state index contributed by atoms with van der Waals surface area (Å²) in [5.74, 6) is 0.854. The lowest BCUT2D eigenvalue weighted by atomic mass is 10.0. The molecule has 0 unspecified atom stereocenters. The van der Waals surface area contributed by atoms with Gasteiger partial charge in [0.15, 0.2) is 0 Å². The zero-order valence-corrected chi connectivity index (χ0v) is 13.3. The van der Waals surface area contributed by atoms with Crippen molar-refractivity contribution in [2.24, 2.45) is 11.8 Å². The summed E-state index contributed by atoms with van der Waals surface area (Å²) in [5, 5.41) is 3.57. The van der Waals surface area contributed by atoms with E-state index >= 15 is 0 Å². The molecule has 0 aliphatic carbocycles. The molecule has 4 nitrogen and oxygen atoms in total. The molecule has 0 aromatic heterocycles. The van der Waals surface area contributed by atoms with Crippen molar-refractivity contribution in [1.29, 1.82) is 0 Å². The lowest BCUT2D eigenvalue weighted by molar-refractivity contribution is 0.447. The fraction of sp³-hybridized carbons (Fsp3) is 0.500. The maximum absolute atomic E-state index is 12.7. The standard InChI is InChI=1S/C12H14BrClN2O2S/c13-10-2-1-3-11(14)12(10)19(17,18)16-6-8-4-15-5-9(8)7-16/h1-3,8-9,15H,4-7H2/t8-,9+. The van der Waals surface area contributed by atoms with Crippen molar-refractivity contribution in [3.05, 3.63) is 27.7 Å². The van der Waals surface area contributed by atoms with E-state index in [-0.39, 0.29) is 9.92 Å². The molecule has 1 N–H and O–H groups in total. The van der Waals surface area contributed by atoms with Crippen LogP contribution in [-0.4, -0.2) is 38.9 Å². The Labute approximate surface area is 126 Å². The van der Waals surface area contributed by atoms with Crippen LogP contribution in [0.1, 0.15) is 0 Å². The van der Waals surface area contributed by atoms with E-state index in [9.17, 15) is 8.42 Å². The third-order valence-corrected chi connectivity index (χ3v) is 7.16. The molecule has 2 atom stereocenters. The predicted molar refractivity (Wildman–Crippen MR) is 77.8 cm³/mol. The maximum atomic E-state index is 12.7. The van der Waals surface area contributed by atoms with Gasteiger partial charge >= 0.3 is 0 Å². The zero-order chi connectivity index (χ0) is 13.6. The summed E-state index contributed by atoms with van der Waals surface area (Å²) in [6, 6.07) is 5.04. The average molecular weight is 366 g/mol. The van der Waals surface area contributed by atoms with E-state index in [0.29, 0.717) is 29.4 Å². The predicted octanol–water partition coefficient (Wildman–Crippen LogP) is 1.94. The Kier molecular flexibility index (Phi) is 3.64. The lowest BCUT2D eigenvalue weighted by Crippen LogP contribution is -2.32. The average Bonchev–Trinajstić information content (AvgIpc) is 2.87. The molecule has 2 heterocycles. The fourth-order valence-corrected chi connectivity index (χ4v) is 6.09. The molecule has 1 aromatic rings. The second-order valence-electron chi connectivity index (χ2n) is 5.05. The Morgan fingerprint density at radius 3 is 2.47 bits per heavy atom. The summed E-state index contributed by atoms with van der Waals surface area (Å²) < 4.78 is 27.5. The van der Waals surface area contributed by atoms with Crippen molar-refractivity contribution in [3.63, 3.8) is 0 Å². The summed E-state index contributed by atoms with van der Waals surface area (Å²) in [6.07, 6.45) is 0. The second kappa shape index (κ2) is 5.00. The van der Waals surface area contributed by atoms with Crippen LogP contribution in [0.15, 0.2) is 27.6 Å². The Morgan fingerprint density at radius 2 is 1.89 bits per heavy atom. The van der Waals surface area contributed by atoms with E-state index < -0.39 is 10.0 Å². The van der Waals surface area contributed by atoms with Crippen molar-refractivity contribution in [3.8, 4) is 0 Å². The van der Waals surface area contributed by atoms with E-state index in [2.05, 4.69) is 21.2 Å². The molecule has 7 heteroatoms. The van der Waals surface area contributed by atoms with Crippen molar-refractivity contribution in [2.45, 2.75) is 4.90 Å². The van der Waals surface area contributed by atoms with Crippen molar-refractivity contribution in [2.75, 3.05) is 26.2 Å². The molecular weight excluding hydrogens is 352 g/mol. The van der Waals surface area contributed by atoms with E-state index in [4.69, 9.17) is 11.6 Å². The van der Waals surface area contributed by atoms with E-state index in [1.807, 2.05) is 0 Å². The fourth-order valence-electron chi connectivity index (χ4n) is 2.87. The number of benzene rings is 1. The van der Waals surface area contributed by atoms with Crippen LogP contribution in [0.5, 0.6) is 0 Å². The normalized spacial score (nSPS) is 27.7. The largest absolute Gasteiger partial charge is 0.316 e. The van der Waals surface area contributed by atoms with Gasteiger partial charge in [0.25, 0.3) is 0 Å². The maximum Gasteiger partial charge on any atom is 0.245 e. The number of fused-ring (bicyclic) bond motifs is 1. The first kappa shape index (κ1) is 13.8. The minimum absolute atomic E-state index is 0.185. The number of hydrogen-bond donors (Lipinski definition) is 1. The summed E-state index contributed by atoms with van der Waals surface area (Å²) >= 11 is 9.35. The number of nitrogens with zero attached hydrogens (tertiary/aromatic N) is 1. The second-order valence-corrected chi connectivity index (χ2v) is 8.19. The van der Waals surface area contributed by atoms with Gasteiger partial charge in [0, 0.05) is 17.6 Å². The van der Waals surface area contributed by atoms with E-state index in [1.54, 1.807) is 22.5 Å². The number of hydrogen-bond acceptors (Lipinski definition) is 3. The van der Waals surface area contributed by atoms with Gasteiger partial charge in [-0.15, -0.1) is 0 Å². The molecule has 19 heavy (non-hydrogen) atoms. The number of halogens is 2. The quantitative estimate of drug-likeness (QED) is 0.871. The first-order valence-electron chi connectivity index (χ1n) is 6.15. The molecule has 2 aliphatic rings. The highest BCUT2D eigenvalue weighted by atomic mass is 79.9. The summed E-state index contributed by atoms with van der Waals surface area (Å²) in [5.41, 5.74) is 0. The molecule has 2 fully saturated rings. The van der Waals surface area contributed by atoms with Gasteiger partial charge in [-0.05, 0) is 53.0 Å². The molecule has 0 bridgehead atoms. The first-order valence-corrected chi connectivity index (χ1v) is 8.76. The Bertz CT molecular complexity index is 575. The molecule has 2 saturated heterocycles. The summed E-state index contributed by atoms with van der Waals surface area (Å²) in [6.45, 7) is 2.97. The number of rotatable bonds is 2. The van der Waals surface area contributed by atoms with E-state index in [0.717, 1.165) is 13.1 Å². The topological polar surface area (TPSA) is 49.4 Å². The molecule has 0 amide bonds. The molecule has 1 aromatic carbocycles. The molecule has 2 aliphatic heterocycles. The van der Waals surface area contributed by atoms with Crippen molar-refractivity contribution in [1.82, 2.24) is 9.62 Å². The Hall–Kier alpha value is -0.140. The monoisotopic (exact) mass is 364 g/mol. The van der Waals surface area contributed by atoms with Crippen LogP contribution < -0.4 is 5.32 Å². The van der Waals surface area contributed by atoms with Gasteiger partial charge in [-0.3, -0.25) is 0 Å². The molecular formula is C12H14BrClN2O2S. The zero-order valence-electron chi connectivity index (χ0n) is 10.1. The molecule has 0 radical (unpaired) electrons.